The fraction of sp³-hybridized carbons (Fsp3) is 0.500. The van der Waals surface area contributed by atoms with Crippen LogP contribution in [0.1, 0.15) is 44.6 Å². The molecule has 1 aromatic carbocycles. The van der Waals surface area contributed by atoms with Gasteiger partial charge in [0.05, 0.1) is 12.5 Å². The van der Waals surface area contributed by atoms with Crippen LogP contribution in [-0.2, 0) is 9.59 Å². The number of ether oxygens (including phenoxy) is 1. The van der Waals surface area contributed by atoms with Crippen LogP contribution in [0.5, 0.6) is 5.75 Å². The summed E-state index contributed by atoms with van der Waals surface area (Å²) in [5.74, 6) is 0.839. The van der Waals surface area contributed by atoms with Crippen molar-refractivity contribution in [3.8, 4) is 5.75 Å². The minimum Gasteiger partial charge on any atom is -0.494 e. The molecule has 2 amide bonds. The van der Waals surface area contributed by atoms with Crippen LogP contribution < -0.4 is 10.1 Å². The number of rotatable bonds is 5. The van der Waals surface area contributed by atoms with E-state index in [-0.39, 0.29) is 17.7 Å². The first-order valence-electron chi connectivity index (χ1n) is 7.12. The molecule has 0 aromatic heterocycles. The average Bonchev–Trinajstić information content (AvgIpc) is 2.39. The van der Waals surface area contributed by atoms with E-state index in [9.17, 15) is 9.59 Å². The van der Waals surface area contributed by atoms with Crippen molar-refractivity contribution in [1.29, 1.82) is 0 Å². The van der Waals surface area contributed by atoms with Gasteiger partial charge in [-0.25, -0.2) is 0 Å². The second-order valence-electron chi connectivity index (χ2n) is 5.60. The summed E-state index contributed by atoms with van der Waals surface area (Å²) in [5.41, 5.74) is 0.936. The Balaban J connectivity index is 1.94. The Morgan fingerprint density at radius 1 is 1.25 bits per heavy atom. The molecule has 1 N–H and O–H groups in total. The highest BCUT2D eigenvalue weighted by Crippen LogP contribution is 2.26. The zero-order valence-electron chi connectivity index (χ0n) is 12.0. The van der Waals surface area contributed by atoms with E-state index in [0.717, 1.165) is 17.7 Å². The lowest BCUT2D eigenvalue weighted by Crippen LogP contribution is -2.39. The number of piperidine rings is 1. The molecule has 0 saturated carbocycles. The number of carbonyl (C=O) groups excluding carboxylic acids is 2. The van der Waals surface area contributed by atoms with Crippen LogP contribution in [0.15, 0.2) is 24.3 Å². The highest BCUT2D eigenvalue weighted by molar-refractivity contribution is 6.00. The van der Waals surface area contributed by atoms with Crippen molar-refractivity contribution in [2.24, 2.45) is 5.92 Å². The fourth-order valence-corrected chi connectivity index (χ4v) is 2.22. The molecule has 1 unspecified atom stereocenters. The summed E-state index contributed by atoms with van der Waals surface area (Å²) in [4.78, 5) is 22.9. The number of hydrogen-bond donors (Lipinski definition) is 1. The lowest BCUT2D eigenvalue weighted by atomic mass is 9.90. The third kappa shape index (κ3) is 3.83. The Morgan fingerprint density at radius 3 is 2.55 bits per heavy atom. The smallest absolute Gasteiger partial charge is 0.234 e. The second kappa shape index (κ2) is 6.55. The van der Waals surface area contributed by atoms with Gasteiger partial charge < -0.3 is 4.74 Å². The number of benzene rings is 1. The molecule has 2 rings (SSSR count). The molecule has 20 heavy (non-hydrogen) atoms. The quantitative estimate of drug-likeness (QED) is 0.840. The first-order chi connectivity index (χ1) is 9.56. The zero-order valence-corrected chi connectivity index (χ0v) is 12.0. The molecular formula is C16H21NO3. The van der Waals surface area contributed by atoms with Gasteiger partial charge in [0, 0.05) is 6.42 Å². The third-order valence-corrected chi connectivity index (χ3v) is 3.49. The Hall–Kier alpha value is -1.84. The van der Waals surface area contributed by atoms with Gasteiger partial charge in [-0.3, -0.25) is 14.9 Å². The van der Waals surface area contributed by atoms with Gasteiger partial charge in [-0.2, -0.15) is 0 Å². The van der Waals surface area contributed by atoms with Gasteiger partial charge in [0.25, 0.3) is 0 Å². The predicted octanol–water partition coefficient (Wildman–Crippen LogP) is 2.63. The lowest BCUT2D eigenvalue weighted by molar-refractivity contribution is -0.134. The van der Waals surface area contributed by atoms with Gasteiger partial charge in [0.15, 0.2) is 0 Å². The Bertz CT molecular complexity index is 479. The first kappa shape index (κ1) is 14.6. The molecule has 1 saturated heterocycles. The normalized spacial score (nSPS) is 19.1. The van der Waals surface area contributed by atoms with Gasteiger partial charge >= 0.3 is 0 Å². The molecular weight excluding hydrogens is 254 g/mol. The van der Waals surface area contributed by atoms with E-state index in [1.807, 2.05) is 24.3 Å². The van der Waals surface area contributed by atoms with Crippen molar-refractivity contribution in [2.75, 3.05) is 6.61 Å². The topological polar surface area (TPSA) is 55.4 Å². The van der Waals surface area contributed by atoms with Gasteiger partial charge in [0.1, 0.15) is 5.75 Å². The second-order valence-corrected chi connectivity index (χ2v) is 5.60. The maximum Gasteiger partial charge on any atom is 0.234 e. The number of nitrogens with one attached hydrogen (secondary N) is 1. The molecule has 1 aromatic rings. The van der Waals surface area contributed by atoms with E-state index in [4.69, 9.17) is 4.74 Å². The summed E-state index contributed by atoms with van der Waals surface area (Å²) >= 11 is 0. The van der Waals surface area contributed by atoms with Crippen LogP contribution in [0.2, 0.25) is 0 Å². The number of amides is 2. The Morgan fingerprint density at radius 2 is 1.95 bits per heavy atom. The van der Waals surface area contributed by atoms with Gasteiger partial charge in [-0.1, -0.05) is 26.0 Å². The number of imide groups is 1. The summed E-state index contributed by atoms with van der Waals surface area (Å²) in [5, 5.41) is 2.38. The molecule has 1 aliphatic rings. The standard InChI is InChI=1S/C16H21NO3/c1-11(2)9-10-20-13-5-3-12(4-6-13)14-7-8-15(18)17-16(14)19/h3-6,11,14H,7-10H2,1-2H3,(H,17,18,19). The minimum absolute atomic E-state index is 0.181. The lowest BCUT2D eigenvalue weighted by Gasteiger charge is -2.21. The molecule has 0 radical (unpaired) electrons. The van der Waals surface area contributed by atoms with E-state index >= 15 is 0 Å². The van der Waals surface area contributed by atoms with Crippen molar-refractivity contribution in [3.63, 3.8) is 0 Å². The Kier molecular flexibility index (Phi) is 4.77. The summed E-state index contributed by atoms with van der Waals surface area (Å²) in [6, 6.07) is 7.59. The maximum atomic E-state index is 11.8. The molecule has 1 fully saturated rings. The van der Waals surface area contributed by atoms with E-state index in [1.165, 1.54) is 0 Å². The average molecular weight is 275 g/mol. The van der Waals surface area contributed by atoms with E-state index < -0.39 is 0 Å². The van der Waals surface area contributed by atoms with Crippen LogP contribution in [0.4, 0.5) is 0 Å². The van der Waals surface area contributed by atoms with Gasteiger partial charge in [-0.05, 0) is 36.5 Å². The summed E-state index contributed by atoms with van der Waals surface area (Å²) in [6.07, 6.45) is 2.01. The summed E-state index contributed by atoms with van der Waals surface area (Å²) in [6.45, 7) is 5.03. The largest absolute Gasteiger partial charge is 0.494 e. The molecule has 1 heterocycles. The van der Waals surface area contributed by atoms with Gasteiger partial charge in [-0.15, -0.1) is 0 Å². The van der Waals surface area contributed by atoms with E-state index in [0.29, 0.717) is 25.4 Å². The molecule has 0 spiro atoms. The summed E-state index contributed by atoms with van der Waals surface area (Å²) < 4.78 is 5.65. The molecule has 108 valence electrons. The van der Waals surface area contributed by atoms with Crippen molar-refractivity contribution in [3.05, 3.63) is 29.8 Å². The van der Waals surface area contributed by atoms with Crippen molar-refractivity contribution < 1.29 is 14.3 Å². The highest BCUT2D eigenvalue weighted by Gasteiger charge is 2.27. The SMILES string of the molecule is CC(C)CCOc1ccc(C2CCC(=O)NC2=O)cc1. The number of hydrogen-bond acceptors (Lipinski definition) is 3. The third-order valence-electron chi connectivity index (χ3n) is 3.49. The van der Waals surface area contributed by atoms with Crippen LogP contribution in [-0.4, -0.2) is 18.4 Å². The fourth-order valence-electron chi connectivity index (χ4n) is 2.22. The molecule has 1 atom stereocenters. The van der Waals surface area contributed by atoms with E-state index in [2.05, 4.69) is 19.2 Å². The van der Waals surface area contributed by atoms with Crippen molar-refractivity contribution >= 4 is 11.8 Å². The molecule has 0 bridgehead atoms. The highest BCUT2D eigenvalue weighted by atomic mass is 16.5. The molecule has 4 heteroatoms. The monoisotopic (exact) mass is 275 g/mol. The van der Waals surface area contributed by atoms with Gasteiger partial charge in [0.2, 0.25) is 11.8 Å². The molecule has 4 nitrogen and oxygen atoms in total. The molecule has 1 aliphatic heterocycles. The first-order valence-corrected chi connectivity index (χ1v) is 7.12. The minimum atomic E-state index is -0.225. The van der Waals surface area contributed by atoms with Crippen molar-refractivity contribution in [1.82, 2.24) is 5.32 Å². The Labute approximate surface area is 119 Å². The predicted molar refractivity (Wildman–Crippen MR) is 76.5 cm³/mol. The van der Waals surface area contributed by atoms with Crippen LogP contribution in [0.25, 0.3) is 0 Å². The molecule has 0 aliphatic carbocycles. The maximum absolute atomic E-state index is 11.8. The van der Waals surface area contributed by atoms with Crippen molar-refractivity contribution in [2.45, 2.75) is 39.0 Å². The number of carbonyl (C=O) groups is 2. The van der Waals surface area contributed by atoms with E-state index in [1.54, 1.807) is 0 Å². The van der Waals surface area contributed by atoms with Crippen LogP contribution >= 0.6 is 0 Å². The zero-order chi connectivity index (χ0) is 14.5. The van der Waals surface area contributed by atoms with Crippen LogP contribution in [0, 0.1) is 5.92 Å². The van der Waals surface area contributed by atoms with Crippen LogP contribution in [0.3, 0.4) is 0 Å². The summed E-state index contributed by atoms with van der Waals surface area (Å²) in [7, 11) is 0.